The van der Waals surface area contributed by atoms with Crippen LogP contribution in [0.3, 0.4) is 0 Å². The molecule has 0 saturated carbocycles. The summed E-state index contributed by atoms with van der Waals surface area (Å²) < 4.78 is 45.5. The van der Waals surface area contributed by atoms with Crippen LogP contribution in [0.1, 0.15) is 15.9 Å². The first-order valence-corrected chi connectivity index (χ1v) is 10.7. The number of anilines is 1. The van der Waals surface area contributed by atoms with Crippen molar-refractivity contribution in [2.45, 2.75) is 6.54 Å². The van der Waals surface area contributed by atoms with E-state index in [1.54, 1.807) is 0 Å². The van der Waals surface area contributed by atoms with Crippen molar-refractivity contribution in [3.05, 3.63) is 64.4 Å². The number of nitrogens with one attached hydrogen (secondary N) is 1. The number of amides is 1. The van der Waals surface area contributed by atoms with Gasteiger partial charge in [-0.2, -0.15) is 17.0 Å². The number of hydrogen-bond acceptors (Lipinski definition) is 5. The molecule has 0 atom stereocenters. The molecule has 1 amide bonds. The van der Waals surface area contributed by atoms with Crippen LogP contribution in [0.4, 0.5) is 10.1 Å². The smallest absolute Gasteiger partial charge is 0.337 e. The Balaban J connectivity index is 1.61. The largest absolute Gasteiger partial charge is 0.465 e. The monoisotopic (exact) mass is 455 g/mol. The van der Waals surface area contributed by atoms with Crippen LogP contribution in [0, 0.1) is 5.82 Å². The van der Waals surface area contributed by atoms with E-state index in [4.69, 9.17) is 11.6 Å². The fourth-order valence-electron chi connectivity index (χ4n) is 2.95. The third-order valence-electron chi connectivity index (χ3n) is 4.52. The molecule has 8 nitrogen and oxygen atoms in total. The maximum absolute atomic E-state index is 13.2. The van der Waals surface area contributed by atoms with E-state index in [9.17, 15) is 22.4 Å². The number of methoxy groups -OCH3 is 1. The number of halogens is 2. The van der Waals surface area contributed by atoms with Crippen LogP contribution in [0.25, 0.3) is 0 Å². The lowest BCUT2D eigenvalue weighted by Crippen LogP contribution is -2.37. The first kappa shape index (κ1) is 22.2. The molecule has 160 valence electrons. The molecular formula is C19H19ClFN3O5S. The second-order valence-corrected chi connectivity index (χ2v) is 8.86. The van der Waals surface area contributed by atoms with Crippen molar-refractivity contribution >= 4 is 39.4 Å². The van der Waals surface area contributed by atoms with E-state index in [1.807, 2.05) is 0 Å². The standard InChI is InChI=1S/C19H19ClFN3O5S/c1-29-19(26)13-3-6-16(7-4-13)22-18(25)12-24-9-8-23(30(24,27)28)11-14-2-5-15(21)10-17(14)20/h2-7,10H,8-9,11-12H2,1H3,(H,22,25). The Labute approximate surface area is 178 Å². The van der Waals surface area contributed by atoms with Crippen LogP contribution < -0.4 is 5.32 Å². The first-order valence-electron chi connectivity index (χ1n) is 8.88. The molecule has 0 spiro atoms. The lowest BCUT2D eigenvalue weighted by molar-refractivity contribution is -0.116. The zero-order valence-corrected chi connectivity index (χ0v) is 17.5. The van der Waals surface area contributed by atoms with Crippen LogP contribution in [0.2, 0.25) is 5.02 Å². The summed E-state index contributed by atoms with van der Waals surface area (Å²) in [5, 5.41) is 2.73. The van der Waals surface area contributed by atoms with E-state index in [0.717, 1.165) is 10.4 Å². The average Bonchev–Trinajstić information content (AvgIpc) is 2.97. The fraction of sp³-hybridized carbons (Fsp3) is 0.263. The van der Waals surface area contributed by atoms with Gasteiger partial charge in [-0.15, -0.1) is 0 Å². The molecule has 2 aromatic rings. The van der Waals surface area contributed by atoms with Crippen molar-refractivity contribution in [1.29, 1.82) is 0 Å². The SMILES string of the molecule is COC(=O)c1ccc(NC(=O)CN2CCN(Cc3ccc(F)cc3Cl)S2(=O)=O)cc1. The highest BCUT2D eigenvalue weighted by atomic mass is 35.5. The summed E-state index contributed by atoms with van der Waals surface area (Å²) in [5.41, 5.74) is 1.21. The third kappa shape index (κ3) is 4.96. The van der Waals surface area contributed by atoms with Crippen molar-refractivity contribution in [2.24, 2.45) is 0 Å². The van der Waals surface area contributed by atoms with E-state index in [-0.39, 0.29) is 31.2 Å². The van der Waals surface area contributed by atoms with Crippen LogP contribution >= 0.6 is 11.6 Å². The van der Waals surface area contributed by atoms with Gasteiger partial charge >= 0.3 is 5.97 Å². The summed E-state index contributed by atoms with van der Waals surface area (Å²) in [6, 6.07) is 9.78. The summed E-state index contributed by atoms with van der Waals surface area (Å²) in [6.07, 6.45) is 0. The quantitative estimate of drug-likeness (QED) is 0.674. The Hall–Kier alpha value is -2.53. The Bertz CT molecular complexity index is 1060. The molecule has 0 bridgehead atoms. The molecule has 1 N–H and O–H groups in total. The Morgan fingerprint density at radius 3 is 2.43 bits per heavy atom. The molecule has 1 saturated heterocycles. The van der Waals surface area contributed by atoms with Gasteiger partial charge in [0, 0.05) is 30.3 Å². The number of rotatable bonds is 6. The number of benzene rings is 2. The average molecular weight is 456 g/mol. The number of carbonyl (C=O) groups excluding carboxylic acids is 2. The fourth-order valence-corrected chi connectivity index (χ4v) is 4.71. The Morgan fingerprint density at radius 2 is 1.80 bits per heavy atom. The normalized spacial score (nSPS) is 16.4. The topological polar surface area (TPSA) is 96.0 Å². The van der Waals surface area contributed by atoms with Crippen LogP contribution in [0.5, 0.6) is 0 Å². The molecule has 0 aromatic heterocycles. The second kappa shape index (κ2) is 9.09. The van der Waals surface area contributed by atoms with Gasteiger partial charge in [-0.3, -0.25) is 4.79 Å². The van der Waals surface area contributed by atoms with Crippen LogP contribution in [-0.2, 0) is 26.3 Å². The second-order valence-electron chi connectivity index (χ2n) is 6.53. The van der Waals surface area contributed by atoms with Crippen molar-refractivity contribution in [3.63, 3.8) is 0 Å². The number of nitrogens with zero attached hydrogens (tertiary/aromatic N) is 2. The molecule has 1 fully saturated rings. The summed E-state index contributed by atoms with van der Waals surface area (Å²) in [6.45, 7) is -0.0731. The van der Waals surface area contributed by atoms with E-state index in [2.05, 4.69) is 10.1 Å². The summed E-state index contributed by atoms with van der Waals surface area (Å²) in [7, 11) is -2.60. The molecule has 1 aliphatic heterocycles. The summed E-state index contributed by atoms with van der Waals surface area (Å²) in [5.74, 6) is -1.53. The lowest BCUT2D eigenvalue weighted by atomic mass is 10.2. The minimum Gasteiger partial charge on any atom is -0.465 e. The summed E-state index contributed by atoms with van der Waals surface area (Å²) >= 11 is 5.98. The molecule has 0 radical (unpaired) electrons. The minimum absolute atomic E-state index is 0.0193. The van der Waals surface area contributed by atoms with Gasteiger partial charge in [0.15, 0.2) is 0 Å². The van der Waals surface area contributed by atoms with Gasteiger partial charge in [0.1, 0.15) is 5.82 Å². The highest BCUT2D eigenvalue weighted by Gasteiger charge is 2.37. The van der Waals surface area contributed by atoms with Gasteiger partial charge < -0.3 is 10.1 Å². The van der Waals surface area contributed by atoms with Gasteiger partial charge in [0.25, 0.3) is 10.2 Å². The van der Waals surface area contributed by atoms with Gasteiger partial charge in [-0.1, -0.05) is 17.7 Å². The molecule has 1 aliphatic rings. The maximum Gasteiger partial charge on any atom is 0.337 e. The van der Waals surface area contributed by atoms with E-state index < -0.39 is 27.9 Å². The Kier molecular flexibility index (Phi) is 6.71. The van der Waals surface area contributed by atoms with Crippen molar-refractivity contribution in [3.8, 4) is 0 Å². The van der Waals surface area contributed by atoms with E-state index in [1.165, 1.54) is 47.8 Å². The van der Waals surface area contributed by atoms with Gasteiger partial charge in [0.05, 0.1) is 19.2 Å². The molecular weight excluding hydrogens is 437 g/mol. The Morgan fingerprint density at radius 1 is 1.13 bits per heavy atom. The predicted octanol–water partition coefficient (Wildman–Crippen LogP) is 2.27. The van der Waals surface area contributed by atoms with Crippen molar-refractivity contribution in [1.82, 2.24) is 8.61 Å². The maximum atomic E-state index is 13.2. The highest BCUT2D eigenvalue weighted by Crippen LogP contribution is 2.24. The highest BCUT2D eigenvalue weighted by molar-refractivity contribution is 7.87. The first-order chi connectivity index (χ1) is 14.2. The molecule has 30 heavy (non-hydrogen) atoms. The van der Waals surface area contributed by atoms with E-state index in [0.29, 0.717) is 16.8 Å². The molecule has 0 aliphatic carbocycles. The van der Waals surface area contributed by atoms with Crippen molar-refractivity contribution in [2.75, 3.05) is 32.1 Å². The number of carbonyl (C=O) groups is 2. The molecule has 3 rings (SSSR count). The molecule has 2 aromatic carbocycles. The molecule has 11 heteroatoms. The zero-order valence-electron chi connectivity index (χ0n) is 16.0. The summed E-state index contributed by atoms with van der Waals surface area (Å²) in [4.78, 5) is 23.7. The zero-order chi connectivity index (χ0) is 21.9. The lowest BCUT2D eigenvalue weighted by Gasteiger charge is -2.19. The van der Waals surface area contributed by atoms with Gasteiger partial charge in [0.2, 0.25) is 5.91 Å². The van der Waals surface area contributed by atoms with Crippen molar-refractivity contribution < 1.29 is 27.1 Å². The number of hydrogen-bond donors (Lipinski definition) is 1. The van der Waals surface area contributed by atoms with Gasteiger partial charge in [-0.25, -0.2) is 9.18 Å². The number of esters is 1. The molecule has 0 unspecified atom stereocenters. The number of ether oxygens (including phenoxy) is 1. The minimum atomic E-state index is -3.87. The molecule has 1 heterocycles. The van der Waals surface area contributed by atoms with Crippen LogP contribution in [0.15, 0.2) is 42.5 Å². The third-order valence-corrected chi connectivity index (χ3v) is 6.80. The predicted molar refractivity (Wildman–Crippen MR) is 109 cm³/mol. The van der Waals surface area contributed by atoms with E-state index >= 15 is 0 Å². The van der Waals surface area contributed by atoms with Gasteiger partial charge in [-0.05, 0) is 42.0 Å². The van der Waals surface area contributed by atoms with Crippen LogP contribution in [-0.4, -0.2) is 55.6 Å².